The normalized spacial score (nSPS) is 12.4. The van der Waals surface area contributed by atoms with Crippen LogP contribution in [0.15, 0.2) is 25.3 Å². The lowest BCUT2D eigenvalue weighted by Crippen LogP contribution is -2.38. The number of carbonyl (C=O) groups is 2. The lowest BCUT2D eigenvalue weighted by Gasteiger charge is -2.32. The lowest BCUT2D eigenvalue weighted by atomic mass is 9.82. The fraction of sp³-hybridized carbons (Fsp3) is 0.647. The first-order valence-corrected chi connectivity index (χ1v) is 8.91. The summed E-state index contributed by atoms with van der Waals surface area (Å²) in [7, 11) is 0. The Kier molecular flexibility index (Phi) is 8.77. The van der Waals surface area contributed by atoms with Crippen LogP contribution in [-0.2, 0) is 19.1 Å². The van der Waals surface area contributed by atoms with Gasteiger partial charge in [0.05, 0.1) is 0 Å². The number of rotatable bonds is 10. The highest BCUT2D eigenvalue weighted by Gasteiger charge is 2.36. The maximum absolute atomic E-state index is 12.0. The zero-order valence-corrected chi connectivity index (χ0v) is 17.5. The third-order valence-corrected chi connectivity index (χ3v) is 3.79. The first kappa shape index (κ1) is 22.4. The van der Waals surface area contributed by atoms with Crippen molar-refractivity contribution in [2.45, 2.75) is 49.2 Å². The SMILES string of the molecule is C=CCC(CC=C)(COC(=O)C(C)(C)Br)COC(=O)C(C)(C)Br. The predicted octanol–water partition coefficient (Wildman–Crippen LogP) is 4.56. The molecule has 0 heterocycles. The van der Waals surface area contributed by atoms with Gasteiger partial charge >= 0.3 is 11.9 Å². The van der Waals surface area contributed by atoms with Crippen molar-refractivity contribution in [3.63, 3.8) is 0 Å². The van der Waals surface area contributed by atoms with Crippen LogP contribution in [0.3, 0.4) is 0 Å². The van der Waals surface area contributed by atoms with Crippen LogP contribution in [0, 0.1) is 5.41 Å². The van der Waals surface area contributed by atoms with Crippen LogP contribution < -0.4 is 0 Å². The van der Waals surface area contributed by atoms with Crippen molar-refractivity contribution in [2.24, 2.45) is 5.41 Å². The molecular formula is C17H26Br2O4. The van der Waals surface area contributed by atoms with Gasteiger partial charge in [0.2, 0.25) is 0 Å². The Morgan fingerprint density at radius 3 is 1.39 bits per heavy atom. The molecule has 6 heteroatoms. The van der Waals surface area contributed by atoms with Crippen LogP contribution in [0.4, 0.5) is 0 Å². The molecule has 0 fully saturated rings. The van der Waals surface area contributed by atoms with Gasteiger partial charge in [-0.1, -0.05) is 44.0 Å². The summed E-state index contributed by atoms with van der Waals surface area (Å²) in [5.74, 6) is -0.746. The van der Waals surface area contributed by atoms with E-state index in [1.54, 1.807) is 39.8 Å². The van der Waals surface area contributed by atoms with E-state index in [9.17, 15) is 9.59 Å². The molecule has 0 spiro atoms. The number of halogens is 2. The molecule has 0 aliphatic carbocycles. The van der Waals surface area contributed by atoms with E-state index in [2.05, 4.69) is 45.0 Å². The molecule has 0 bridgehead atoms. The molecule has 0 rings (SSSR count). The zero-order chi connectivity index (χ0) is 18.3. The molecule has 0 saturated heterocycles. The third-order valence-electron chi connectivity index (χ3n) is 3.14. The Morgan fingerprint density at radius 2 is 1.17 bits per heavy atom. The molecule has 0 aliphatic rings. The van der Waals surface area contributed by atoms with Crippen molar-refractivity contribution in [2.75, 3.05) is 13.2 Å². The van der Waals surface area contributed by atoms with Crippen molar-refractivity contribution >= 4 is 43.8 Å². The fourth-order valence-electron chi connectivity index (χ4n) is 1.75. The second-order valence-corrected chi connectivity index (χ2v) is 10.5. The minimum Gasteiger partial charge on any atom is -0.464 e. The highest BCUT2D eigenvalue weighted by Crippen LogP contribution is 2.31. The number of ether oxygens (including phenoxy) is 2. The van der Waals surface area contributed by atoms with Crippen molar-refractivity contribution in [1.29, 1.82) is 0 Å². The Morgan fingerprint density at radius 1 is 0.870 bits per heavy atom. The number of hydrogen-bond acceptors (Lipinski definition) is 4. The number of esters is 2. The summed E-state index contributed by atoms with van der Waals surface area (Å²) in [4.78, 5) is 24.0. The van der Waals surface area contributed by atoms with E-state index in [1.165, 1.54) is 0 Å². The first-order valence-electron chi connectivity index (χ1n) is 7.32. The Bertz CT molecular complexity index is 402. The van der Waals surface area contributed by atoms with E-state index in [-0.39, 0.29) is 25.2 Å². The van der Waals surface area contributed by atoms with Crippen molar-refractivity contribution in [1.82, 2.24) is 0 Å². The van der Waals surface area contributed by atoms with E-state index in [4.69, 9.17) is 9.47 Å². The zero-order valence-electron chi connectivity index (χ0n) is 14.3. The van der Waals surface area contributed by atoms with Crippen LogP contribution in [0.1, 0.15) is 40.5 Å². The van der Waals surface area contributed by atoms with Crippen LogP contribution in [0.5, 0.6) is 0 Å². The molecule has 0 unspecified atom stereocenters. The van der Waals surface area contributed by atoms with E-state index in [0.717, 1.165) is 0 Å². The smallest absolute Gasteiger partial charge is 0.322 e. The highest BCUT2D eigenvalue weighted by molar-refractivity contribution is 9.10. The molecule has 0 N–H and O–H groups in total. The van der Waals surface area contributed by atoms with E-state index in [1.807, 2.05) is 0 Å². The summed E-state index contributed by atoms with van der Waals surface area (Å²) in [5, 5.41) is 0. The van der Waals surface area contributed by atoms with E-state index in [0.29, 0.717) is 12.8 Å². The van der Waals surface area contributed by atoms with Crippen LogP contribution in [0.2, 0.25) is 0 Å². The topological polar surface area (TPSA) is 52.6 Å². The molecule has 0 aromatic carbocycles. The van der Waals surface area contributed by atoms with Crippen LogP contribution in [-0.4, -0.2) is 33.8 Å². The van der Waals surface area contributed by atoms with Gasteiger partial charge in [0, 0.05) is 5.41 Å². The largest absolute Gasteiger partial charge is 0.464 e. The minimum absolute atomic E-state index is 0.120. The molecule has 0 radical (unpaired) electrons. The number of carbonyl (C=O) groups excluding carboxylic acids is 2. The molecule has 23 heavy (non-hydrogen) atoms. The summed E-state index contributed by atoms with van der Waals surface area (Å²) >= 11 is 6.54. The molecule has 0 saturated carbocycles. The molecular weight excluding hydrogens is 428 g/mol. The fourth-order valence-corrected chi connectivity index (χ4v) is 1.98. The van der Waals surface area contributed by atoms with Crippen molar-refractivity contribution < 1.29 is 19.1 Å². The van der Waals surface area contributed by atoms with Crippen molar-refractivity contribution in [3.8, 4) is 0 Å². The van der Waals surface area contributed by atoms with Gasteiger partial charge in [-0.2, -0.15) is 0 Å². The van der Waals surface area contributed by atoms with Crippen LogP contribution >= 0.6 is 31.9 Å². The number of alkyl halides is 2. The average molecular weight is 454 g/mol. The summed E-state index contributed by atoms with van der Waals surface area (Å²) in [6.07, 6.45) is 4.52. The maximum atomic E-state index is 12.0. The first-order chi connectivity index (χ1) is 10.4. The van der Waals surface area contributed by atoms with Gasteiger partial charge in [0.1, 0.15) is 21.9 Å². The molecule has 0 aromatic heterocycles. The molecule has 0 amide bonds. The van der Waals surface area contributed by atoms with E-state index < -0.39 is 14.1 Å². The lowest BCUT2D eigenvalue weighted by molar-refractivity contribution is -0.156. The third kappa shape index (κ3) is 8.15. The molecule has 132 valence electrons. The maximum Gasteiger partial charge on any atom is 0.322 e. The van der Waals surface area contributed by atoms with Gasteiger partial charge in [-0.3, -0.25) is 9.59 Å². The second-order valence-electron chi connectivity index (χ2n) is 6.58. The van der Waals surface area contributed by atoms with Gasteiger partial charge in [-0.05, 0) is 40.5 Å². The van der Waals surface area contributed by atoms with E-state index >= 15 is 0 Å². The van der Waals surface area contributed by atoms with Gasteiger partial charge < -0.3 is 9.47 Å². The number of allylic oxidation sites excluding steroid dienone is 2. The highest BCUT2D eigenvalue weighted by atomic mass is 79.9. The van der Waals surface area contributed by atoms with Crippen LogP contribution in [0.25, 0.3) is 0 Å². The number of hydrogen-bond donors (Lipinski definition) is 0. The Labute approximate surface area is 155 Å². The Balaban J connectivity index is 5.08. The minimum atomic E-state index is -0.768. The van der Waals surface area contributed by atoms with Gasteiger partial charge in [-0.25, -0.2) is 0 Å². The summed E-state index contributed by atoms with van der Waals surface area (Å²) in [6, 6.07) is 0. The molecule has 0 aliphatic heterocycles. The standard InChI is InChI=1S/C17H26Br2O4/c1-7-9-17(10-8-2,11-22-13(20)15(3,4)18)12-23-14(21)16(5,6)19/h7-8H,1-2,9-12H2,3-6H3. The summed E-state index contributed by atoms with van der Waals surface area (Å²) < 4.78 is 9.28. The molecule has 0 atom stereocenters. The monoisotopic (exact) mass is 452 g/mol. The van der Waals surface area contributed by atoms with Gasteiger partial charge in [0.15, 0.2) is 0 Å². The molecule has 0 aromatic rings. The van der Waals surface area contributed by atoms with Crippen molar-refractivity contribution in [3.05, 3.63) is 25.3 Å². The van der Waals surface area contributed by atoms with Gasteiger partial charge in [0.25, 0.3) is 0 Å². The van der Waals surface area contributed by atoms with Gasteiger partial charge in [-0.15, -0.1) is 13.2 Å². The summed E-state index contributed by atoms with van der Waals surface area (Å²) in [6.45, 7) is 14.6. The summed E-state index contributed by atoms with van der Waals surface area (Å²) in [5.41, 5.74) is -0.564. The quantitative estimate of drug-likeness (QED) is 0.276. The molecule has 4 nitrogen and oxygen atoms in total. The predicted molar refractivity (Wildman–Crippen MR) is 100.0 cm³/mol. The second kappa shape index (κ2) is 9.02. The Hall–Kier alpha value is -0.620. The average Bonchev–Trinajstić information content (AvgIpc) is 2.40.